The maximum atomic E-state index is 12.6. The highest BCUT2D eigenvalue weighted by molar-refractivity contribution is 6.77. The van der Waals surface area contributed by atoms with Crippen LogP contribution in [0.4, 0.5) is 8.78 Å². The largest absolute Gasteiger partial charge is 0.488 e. The molecule has 7 heteroatoms. The summed E-state index contributed by atoms with van der Waals surface area (Å²) in [6.45, 7) is 11.1. The second kappa shape index (κ2) is 10.5. The highest BCUT2D eigenvalue weighted by Gasteiger charge is 2.44. The van der Waals surface area contributed by atoms with Gasteiger partial charge in [0.05, 0.1) is 12.5 Å². The van der Waals surface area contributed by atoms with E-state index in [1.54, 1.807) is 12.1 Å². The van der Waals surface area contributed by atoms with Gasteiger partial charge in [0, 0.05) is 0 Å². The number of ether oxygens (including phenoxy) is 2. The zero-order valence-corrected chi connectivity index (χ0v) is 18.3. The molecule has 0 fully saturated rings. The number of benzene rings is 1. The molecule has 0 saturated carbocycles. The topological polar surface area (TPSA) is 27.7 Å². The second-order valence-corrected chi connectivity index (χ2v) is 13.1. The third-order valence-corrected chi connectivity index (χ3v) is 11.0. The van der Waals surface area contributed by atoms with Gasteiger partial charge >= 0.3 is 6.61 Å². The standard InChI is InChI=1S/C19H31ClF2O3Si/c1-13(2)26(14(3)4,15(5)6)24-12-16-7-8-17(25-19(21)22)18(11-16)23-10-9-20/h7-8,11,13-15,19H,9-10,12H2,1-6H3. The molecule has 0 radical (unpaired) electrons. The Balaban J connectivity index is 3.04. The Hall–Kier alpha value is -0.853. The summed E-state index contributed by atoms with van der Waals surface area (Å²) in [5, 5.41) is 0. The van der Waals surface area contributed by atoms with Crippen molar-refractivity contribution in [1.82, 2.24) is 0 Å². The number of hydrogen-bond acceptors (Lipinski definition) is 3. The third-order valence-electron chi connectivity index (χ3n) is 4.75. The summed E-state index contributed by atoms with van der Waals surface area (Å²) < 4.78 is 41.7. The predicted molar refractivity (Wildman–Crippen MR) is 105 cm³/mol. The minimum absolute atomic E-state index is 0.00829. The van der Waals surface area contributed by atoms with Crippen molar-refractivity contribution in [2.45, 2.75) is 71.4 Å². The maximum Gasteiger partial charge on any atom is 0.387 e. The summed E-state index contributed by atoms with van der Waals surface area (Å²) in [7, 11) is -2.01. The van der Waals surface area contributed by atoms with Crippen molar-refractivity contribution in [3.63, 3.8) is 0 Å². The summed E-state index contributed by atoms with van der Waals surface area (Å²) in [5.41, 5.74) is 2.28. The van der Waals surface area contributed by atoms with Crippen LogP contribution in [-0.2, 0) is 11.0 Å². The first kappa shape index (κ1) is 23.2. The van der Waals surface area contributed by atoms with Gasteiger partial charge in [-0.25, -0.2) is 0 Å². The number of rotatable bonds is 11. The minimum atomic E-state index is -2.90. The molecule has 0 saturated heterocycles. The molecule has 0 spiro atoms. The normalized spacial score (nSPS) is 12.5. The van der Waals surface area contributed by atoms with E-state index in [0.29, 0.717) is 23.2 Å². The van der Waals surface area contributed by atoms with E-state index in [2.05, 4.69) is 46.3 Å². The van der Waals surface area contributed by atoms with Gasteiger partial charge in [-0.05, 0) is 34.3 Å². The van der Waals surface area contributed by atoms with Crippen LogP contribution in [0.5, 0.6) is 11.5 Å². The van der Waals surface area contributed by atoms with Crippen LogP contribution < -0.4 is 9.47 Å². The van der Waals surface area contributed by atoms with E-state index in [-0.39, 0.29) is 24.0 Å². The lowest BCUT2D eigenvalue weighted by atomic mass is 10.2. The molecule has 1 aromatic rings. The molecule has 0 unspecified atom stereocenters. The zero-order chi connectivity index (χ0) is 19.9. The first-order valence-electron chi connectivity index (χ1n) is 9.05. The van der Waals surface area contributed by atoms with Crippen LogP contribution in [0, 0.1) is 0 Å². The molecule has 1 aromatic carbocycles. The summed E-state index contributed by atoms with van der Waals surface area (Å²) in [6, 6.07) is 4.94. The quantitative estimate of drug-likeness (QED) is 0.305. The summed E-state index contributed by atoms with van der Waals surface area (Å²) >= 11 is 5.64. The van der Waals surface area contributed by atoms with Crippen molar-refractivity contribution in [2.24, 2.45) is 0 Å². The van der Waals surface area contributed by atoms with Crippen LogP contribution >= 0.6 is 11.6 Å². The Morgan fingerprint density at radius 1 is 0.962 bits per heavy atom. The molecule has 1 rings (SSSR count). The number of alkyl halides is 3. The van der Waals surface area contributed by atoms with E-state index in [9.17, 15) is 8.78 Å². The van der Waals surface area contributed by atoms with Gasteiger partial charge in [0.2, 0.25) is 8.32 Å². The van der Waals surface area contributed by atoms with Gasteiger partial charge in [0.25, 0.3) is 0 Å². The summed E-state index contributed by atoms with van der Waals surface area (Å²) in [6.07, 6.45) is 0. The lowest BCUT2D eigenvalue weighted by molar-refractivity contribution is -0.0514. The zero-order valence-electron chi connectivity index (χ0n) is 16.5. The molecule has 0 aromatic heterocycles. The smallest absolute Gasteiger partial charge is 0.387 e. The van der Waals surface area contributed by atoms with Gasteiger partial charge in [0.1, 0.15) is 6.61 Å². The van der Waals surface area contributed by atoms with E-state index >= 15 is 0 Å². The Morgan fingerprint density at radius 3 is 2.00 bits per heavy atom. The van der Waals surface area contributed by atoms with Gasteiger partial charge in [-0.1, -0.05) is 47.6 Å². The fourth-order valence-corrected chi connectivity index (χ4v) is 9.30. The summed E-state index contributed by atoms with van der Waals surface area (Å²) in [4.78, 5) is 0. The van der Waals surface area contributed by atoms with Crippen molar-refractivity contribution >= 4 is 19.9 Å². The van der Waals surface area contributed by atoms with Crippen molar-refractivity contribution < 1.29 is 22.7 Å². The minimum Gasteiger partial charge on any atom is -0.488 e. The van der Waals surface area contributed by atoms with Gasteiger partial charge in [0.15, 0.2) is 11.5 Å². The molecule has 0 aliphatic carbocycles. The van der Waals surface area contributed by atoms with Crippen molar-refractivity contribution in [3.05, 3.63) is 23.8 Å². The van der Waals surface area contributed by atoms with Gasteiger partial charge < -0.3 is 13.9 Å². The predicted octanol–water partition coefficient (Wildman–Crippen LogP) is 6.60. The van der Waals surface area contributed by atoms with E-state index < -0.39 is 14.9 Å². The summed E-state index contributed by atoms with van der Waals surface area (Å²) in [5.74, 6) is 0.533. The van der Waals surface area contributed by atoms with E-state index in [1.165, 1.54) is 6.07 Å². The highest BCUT2D eigenvalue weighted by Crippen LogP contribution is 2.43. The molecule has 0 aliphatic heterocycles. The third kappa shape index (κ3) is 5.83. The van der Waals surface area contributed by atoms with E-state index in [4.69, 9.17) is 20.8 Å². The molecule has 0 heterocycles. The number of hydrogen-bond donors (Lipinski definition) is 0. The SMILES string of the molecule is CC(C)[Si](OCc1ccc(OC(F)F)c(OCCCl)c1)(C(C)C)C(C)C. The Kier molecular flexibility index (Phi) is 9.34. The number of halogens is 3. The van der Waals surface area contributed by atoms with Gasteiger partial charge in [-0.3, -0.25) is 0 Å². The lowest BCUT2D eigenvalue weighted by Gasteiger charge is -2.42. The Bertz CT molecular complexity index is 532. The van der Waals surface area contributed by atoms with Crippen LogP contribution in [0.2, 0.25) is 16.6 Å². The first-order chi connectivity index (χ1) is 12.1. The molecular formula is C19H31ClF2O3Si. The van der Waals surface area contributed by atoms with Gasteiger partial charge in [-0.2, -0.15) is 8.78 Å². The van der Waals surface area contributed by atoms with Crippen molar-refractivity contribution in [2.75, 3.05) is 12.5 Å². The fourth-order valence-electron chi connectivity index (χ4n) is 3.81. The Labute approximate surface area is 162 Å². The fraction of sp³-hybridized carbons (Fsp3) is 0.684. The average Bonchev–Trinajstić information content (AvgIpc) is 2.53. The highest BCUT2D eigenvalue weighted by atomic mass is 35.5. The molecule has 0 bridgehead atoms. The van der Waals surface area contributed by atoms with E-state index in [1.807, 2.05) is 0 Å². The lowest BCUT2D eigenvalue weighted by Crippen LogP contribution is -2.47. The van der Waals surface area contributed by atoms with Gasteiger partial charge in [-0.15, -0.1) is 11.6 Å². The van der Waals surface area contributed by atoms with Crippen LogP contribution in [-0.4, -0.2) is 27.4 Å². The van der Waals surface area contributed by atoms with Crippen LogP contribution in [0.15, 0.2) is 18.2 Å². The monoisotopic (exact) mass is 408 g/mol. The van der Waals surface area contributed by atoms with Crippen LogP contribution in [0.1, 0.15) is 47.1 Å². The molecule has 26 heavy (non-hydrogen) atoms. The second-order valence-electron chi connectivity index (χ2n) is 7.30. The molecule has 150 valence electrons. The molecule has 3 nitrogen and oxygen atoms in total. The molecule has 0 atom stereocenters. The van der Waals surface area contributed by atoms with Crippen molar-refractivity contribution in [3.8, 4) is 11.5 Å². The van der Waals surface area contributed by atoms with Crippen LogP contribution in [0.3, 0.4) is 0 Å². The van der Waals surface area contributed by atoms with E-state index in [0.717, 1.165) is 5.56 Å². The molecular weight excluding hydrogens is 378 g/mol. The molecule has 0 N–H and O–H groups in total. The van der Waals surface area contributed by atoms with Crippen molar-refractivity contribution in [1.29, 1.82) is 0 Å². The molecule has 0 aliphatic rings. The average molecular weight is 409 g/mol. The first-order valence-corrected chi connectivity index (χ1v) is 11.7. The maximum absolute atomic E-state index is 12.6. The Morgan fingerprint density at radius 2 is 1.54 bits per heavy atom. The van der Waals surface area contributed by atoms with Crippen LogP contribution in [0.25, 0.3) is 0 Å². The molecule has 0 amide bonds.